The molecule has 2 amide bonds. The molecule has 2 heterocycles. The Morgan fingerprint density at radius 3 is 2.75 bits per heavy atom. The Labute approximate surface area is 114 Å². The van der Waals surface area contributed by atoms with Gasteiger partial charge in [-0.25, -0.2) is 0 Å². The molecule has 0 bridgehead atoms. The average Bonchev–Trinajstić information content (AvgIpc) is 2.97. The van der Waals surface area contributed by atoms with Crippen LogP contribution in [0.3, 0.4) is 0 Å². The minimum Gasteiger partial charge on any atom is -0.395 e. The Balaban J connectivity index is 2.16. The van der Waals surface area contributed by atoms with Crippen molar-refractivity contribution in [1.82, 2.24) is 15.6 Å². The fourth-order valence-corrected chi connectivity index (χ4v) is 2.34. The van der Waals surface area contributed by atoms with E-state index in [1.54, 1.807) is 6.20 Å². The lowest BCUT2D eigenvalue weighted by Crippen LogP contribution is -2.28. The summed E-state index contributed by atoms with van der Waals surface area (Å²) in [5, 5.41) is 14.8. The summed E-state index contributed by atoms with van der Waals surface area (Å²) in [7, 11) is 0. The molecule has 0 radical (unpaired) electrons. The number of aliphatic hydroxyl groups excluding tert-OH is 1. The van der Waals surface area contributed by atoms with Gasteiger partial charge in [0.2, 0.25) is 0 Å². The normalized spacial score (nSPS) is 15.1. The Kier molecular flexibility index (Phi) is 3.00. The van der Waals surface area contributed by atoms with Crippen molar-refractivity contribution in [3.05, 3.63) is 41.7 Å². The summed E-state index contributed by atoms with van der Waals surface area (Å²) in [4.78, 5) is 26.9. The van der Waals surface area contributed by atoms with Crippen molar-refractivity contribution in [1.29, 1.82) is 0 Å². The van der Waals surface area contributed by atoms with Crippen LogP contribution >= 0.6 is 0 Å². The Bertz CT molecular complexity index is 730. The molecule has 3 rings (SSSR count). The SMILES string of the molecule is O=C1NC(=O)C(c2c[nH]c3ccccc23)=C1NCCO. The van der Waals surface area contributed by atoms with E-state index in [-0.39, 0.29) is 18.8 Å². The molecule has 20 heavy (non-hydrogen) atoms. The summed E-state index contributed by atoms with van der Waals surface area (Å²) in [6, 6.07) is 7.54. The highest BCUT2D eigenvalue weighted by Crippen LogP contribution is 2.29. The number of carbonyl (C=O) groups excluding carboxylic acids is 2. The fraction of sp³-hybridized carbons (Fsp3) is 0.143. The summed E-state index contributed by atoms with van der Waals surface area (Å²) >= 11 is 0. The Hall–Kier alpha value is -2.60. The van der Waals surface area contributed by atoms with Crippen LogP contribution in [0.5, 0.6) is 0 Å². The van der Waals surface area contributed by atoms with E-state index in [4.69, 9.17) is 5.11 Å². The molecule has 1 aromatic carbocycles. The van der Waals surface area contributed by atoms with Crippen LogP contribution in [0, 0.1) is 0 Å². The first-order valence-electron chi connectivity index (χ1n) is 6.23. The lowest BCUT2D eigenvalue weighted by atomic mass is 10.0. The molecule has 0 spiro atoms. The number of imide groups is 1. The van der Waals surface area contributed by atoms with Crippen LogP contribution in [-0.2, 0) is 9.59 Å². The van der Waals surface area contributed by atoms with Gasteiger partial charge in [0.25, 0.3) is 11.8 Å². The summed E-state index contributed by atoms with van der Waals surface area (Å²) in [5.41, 5.74) is 2.07. The van der Waals surface area contributed by atoms with Crippen molar-refractivity contribution in [3.63, 3.8) is 0 Å². The van der Waals surface area contributed by atoms with Crippen LogP contribution in [0.2, 0.25) is 0 Å². The van der Waals surface area contributed by atoms with Gasteiger partial charge in [-0.2, -0.15) is 0 Å². The molecular weight excluding hydrogens is 258 g/mol. The maximum Gasteiger partial charge on any atom is 0.275 e. The molecule has 0 atom stereocenters. The number of hydrogen-bond acceptors (Lipinski definition) is 4. The van der Waals surface area contributed by atoms with E-state index in [0.717, 1.165) is 10.9 Å². The van der Waals surface area contributed by atoms with Crippen LogP contribution < -0.4 is 10.6 Å². The van der Waals surface area contributed by atoms with Crippen molar-refractivity contribution in [2.45, 2.75) is 0 Å². The largest absolute Gasteiger partial charge is 0.395 e. The first-order chi connectivity index (χ1) is 9.72. The molecule has 0 saturated carbocycles. The molecule has 0 fully saturated rings. The molecule has 6 heteroatoms. The lowest BCUT2D eigenvalue weighted by Gasteiger charge is -2.05. The van der Waals surface area contributed by atoms with Crippen LogP contribution in [-0.4, -0.2) is 35.1 Å². The first kappa shape index (κ1) is 12.4. The van der Waals surface area contributed by atoms with Crippen molar-refractivity contribution in [2.75, 3.05) is 13.2 Å². The van der Waals surface area contributed by atoms with Crippen molar-refractivity contribution >= 4 is 28.3 Å². The van der Waals surface area contributed by atoms with E-state index in [9.17, 15) is 9.59 Å². The van der Waals surface area contributed by atoms with Crippen molar-refractivity contribution < 1.29 is 14.7 Å². The maximum atomic E-state index is 12.0. The molecule has 102 valence electrons. The van der Waals surface area contributed by atoms with Gasteiger partial charge in [0.15, 0.2) is 0 Å². The van der Waals surface area contributed by atoms with Gasteiger partial charge in [-0.1, -0.05) is 18.2 Å². The zero-order valence-corrected chi connectivity index (χ0v) is 10.6. The Morgan fingerprint density at radius 1 is 1.15 bits per heavy atom. The maximum absolute atomic E-state index is 12.0. The topological polar surface area (TPSA) is 94.2 Å². The predicted octanol–water partition coefficient (Wildman–Crippen LogP) is 0.117. The average molecular weight is 271 g/mol. The third kappa shape index (κ3) is 1.86. The molecule has 1 aromatic heterocycles. The van der Waals surface area contributed by atoms with E-state index in [1.807, 2.05) is 24.3 Å². The quantitative estimate of drug-likeness (QED) is 0.594. The number of H-pyrrole nitrogens is 1. The number of aromatic nitrogens is 1. The number of benzene rings is 1. The molecule has 0 unspecified atom stereocenters. The molecule has 4 N–H and O–H groups in total. The molecule has 6 nitrogen and oxygen atoms in total. The van der Waals surface area contributed by atoms with E-state index in [0.29, 0.717) is 11.1 Å². The monoisotopic (exact) mass is 271 g/mol. The van der Waals surface area contributed by atoms with Gasteiger partial charge in [-0.05, 0) is 6.07 Å². The second-order valence-corrected chi connectivity index (χ2v) is 4.43. The summed E-state index contributed by atoms with van der Waals surface area (Å²) in [6.07, 6.45) is 1.71. The number of aromatic amines is 1. The summed E-state index contributed by atoms with van der Waals surface area (Å²) < 4.78 is 0. The van der Waals surface area contributed by atoms with Gasteiger partial charge in [-0.15, -0.1) is 0 Å². The minimum absolute atomic E-state index is 0.119. The van der Waals surface area contributed by atoms with E-state index in [1.165, 1.54) is 0 Å². The number of fused-ring (bicyclic) bond motifs is 1. The van der Waals surface area contributed by atoms with Gasteiger partial charge in [0.05, 0.1) is 12.2 Å². The number of amides is 2. The number of nitrogens with one attached hydrogen (secondary N) is 3. The van der Waals surface area contributed by atoms with Crippen molar-refractivity contribution in [2.24, 2.45) is 0 Å². The molecule has 0 saturated heterocycles. The molecule has 1 aliphatic heterocycles. The minimum atomic E-state index is -0.469. The Morgan fingerprint density at radius 2 is 1.95 bits per heavy atom. The zero-order valence-electron chi connectivity index (χ0n) is 10.6. The smallest absolute Gasteiger partial charge is 0.275 e. The van der Waals surface area contributed by atoms with Crippen LogP contribution in [0.1, 0.15) is 5.56 Å². The van der Waals surface area contributed by atoms with Gasteiger partial charge < -0.3 is 15.4 Å². The van der Waals surface area contributed by atoms with Gasteiger partial charge >= 0.3 is 0 Å². The molecular formula is C14H13N3O3. The second kappa shape index (κ2) is 4.82. The van der Waals surface area contributed by atoms with Gasteiger partial charge in [0.1, 0.15) is 5.70 Å². The number of hydrogen-bond donors (Lipinski definition) is 4. The summed E-state index contributed by atoms with van der Waals surface area (Å²) in [5.74, 6) is -0.899. The van der Waals surface area contributed by atoms with Crippen LogP contribution in [0.15, 0.2) is 36.2 Å². The summed E-state index contributed by atoms with van der Waals surface area (Å²) in [6.45, 7) is 0.0913. The van der Waals surface area contributed by atoms with Gasteiger partial charge in [-0.3, -0.25) is 14.9 Å². The fourth-order valence-electron chi connectivity index (χ4n) is 2.34. The predicted molar refractivity (Wildman–Crippen MR) is 73.5 cm³/mol. The van der Waals surface area contributed by atoms with Crippen LogP contribution in [0.25, 0.3) is 16.5 Å². The zero-order chi connectivity index (χ0) is 14.1. The lowest BCUT2D eigenvalue weighted by molar-refractivity contribution is -0.123. The third-order valence-corrected chi connectivity index (χ3v) is 3.20. The highest BCUT2D eigenvalue weighted by Gasteiger charge is 2.32. The van der Waals surface area contributed by atoms with Gasteiger partial charge in [0, 0.05) is 29.2 Å². The number of aliphatic hydroxyl groups is 1. The molecule has 0 aliphatic carbocycles. The molecule has 1 aliphatic rings. The van der Waals surface area contributed by atoms with Crippen LogP contribution in [0.4, 0.5) is 0 Å². The number of rotatable bonds is 4. The number of carbonyl (C=O) groups is 2. The first-order valence-corrected chi connectivity index (χ1v) is 6.23. The standard InChI is InChI=1S/C14H13N3O3/c18-6-5-15-12-11(13(19)17-14(12)20)9-7-16-10-4-2-1-3-8(9)10/h1-4,7,16,18H,5-6H2,(H2,15,17,19,20). The third-order valence-electron chi connectivity index (χ3n) is 3.20. The van der Waals surface area contributed by atoms with E-state index < -0.39 is 11.8 Å². The van der Waals surface area contributed by atoms with E-state index in [2.05, 4.69) is 15.6 Å². The van der Waals surface area contributed by atoms with Crippen molar-refractivity contribution in [3.8, 4) is 0 Å². The highest BCUT2D eigenvalue weighted by atomic mass is 16.3. The van der Waals surface area contributed by atoms with E-state index >= 15 is 0 Å². The number of para-hydroxylation sites is 1. The highest BCUT2D eigenvalue weighted by molar-refractivity contribution is 6.37. The second-order valence-electron chi connectivity index (χ2n) is 4.43. The molecule has 2 aromatic rings.